The molecule has 1 aromatic carbocycles. The first kappa shape index (κ1) is 16.4. The fourth-order valence-electron chi connectivity index (χ4n) is 1.36. The number of halogens is 1. The van der Waals surface area contributed by atoms with Gasteiger partial charge in [-0.1, -0.05) is 17.7 Å². The van der Waals surface area contributed by atoms with E-state index in [9.17, 15) is 19.7 Å². The van der Waals surface area contributed by atoms with Crippen molar-refractivity contribution in [2.24, 2.45) is 0 Å². The van der Waals surface area contributed by atoms with Gasteiger partial charge >= 0.3 is 11.9 Å². The minimum atomic E-state index is -0.908. The van der Waals surface area contributed by atoms with Crippen molar-refractivity contribution in [3.8, 4) is 0 Å². The molecule has 0 aliphatic heterocycles. The molecule has 0 heterocycles. The highest BCUT2D eigenvalue weighted by Gasteiger charge is 2.21. The van der Waals surface area contributed by atoms with Crippen molar-refractivity contribution >= 4 is 34.9 Å². The van der Waals surface area contributed by atoms with Gasteiger partial charge in [-0.25, -0.2) is 9.59 Å². The average molecular weight is 315 g/mol. The summed E-state index contributed by atoms with van der Waals surface area (Å²) in [6, 6.07) is 3.97. The first-order valence-electron chi connectivity index (χ1n) is 5.48. The number of rotatable bonds is 5. The third-order valence-corrected chi connectivity index (χ3v) is 2.63. The minimum Gasteiger partial charge on any atom is -0.466 e. The molecule has 21 heavy (non-hydrogen) atoms. The van der Waals surface area contributed by atoms with E-state index in [1.165, 1.54) is 18.2 Å². The lowest BCUT2D eigenvalue weighted by Gasteiger charge is -2.10. The molecule has 8 nitrogen and oxygen atoms in total. The van der Waals surface area contributed by atoms with Crippen molar-refractivity contribution in [3.63, 3.8) is 0 Å². The van der Waals surface area contributed by atoms with Crippen LogP contribution in [0.3, 0.4) is 0 Å². The topological polar surface area (TPSA) is 108 Å². The summed E-state index contributed by atoms with van der Waals surface area (Å²) in [5.74, 6) is -1.74. The molecule has 1 rings (SSSR count). The van der Waals surface area contributed by atoms with Crippen LogP contribution in [0.2, 0.25) is 5.02 Å². The first-order chi connectivity index (χ1) is 9.90. The molecule has 1 aromatic rings. The van der Waals surface area contributed by atoms with Crippen LogP contribution < -0.4 is 5.32 Å². The Morgan fingerprint density at radius 1 is 1.33 bits per heavy atom. The summed E-state index contributed by atoms with van der Waals surface area (Å²) in [4.78, 5) is 33.1. The number of hydrogen-bond acceptors (Lipinski definition) is 7. The molecule has 0 aliphatic rings. The van der Waals surface area contributed by atoms with Gasteiger partial charge in [-0.3, -0.25) is 10.1 Å². The summed E-state index contributed by atoms with van der Waals surface area (Å²) in [5, 5.41) is 13.4. The lowest BCUT2D eigenvalue weighted by molar-refractivity contribution is -0.383. The van der Waals surface area contributed by atoms with E-state index in [-0.39, 0.29) is 22.1 Å². The molecule has 9 heteroatoms. The largest absolute Gasteiger partial charge is 0.466 e. The van der Waals surface area contributed by atoms with Crippen LogP contribution in [-0.4, -0.2) is 31.1 Å². The molecule has 0 saturated carbocycles. The summed E-state index contributed by atoms with van der Waals surface area (Å²) in [7, 11) is 2.21. The second kappa shape index (κ2) is 7.25. The Hall–Kier alpha value is -2.61. The summed E-state index contributed by atoms with van der Waals surface area (Å²) >= 11 is 5.87. The Kier molecular flexibility index (Phi) is 5.67. The van der Waals surface area contributed by atoms with Crippen LogP contribution in [0.25, 0.3) is 0 Å². The third kappa shape index (κ3) is 4.18. The van der Waals surface area contributed by atoms with Crippen molar-refractivity contribution in [1.82, 2.24) is 0 Å². The van der Waals surface area contributed by atoms with Gasteiger partial charge in [0.2, 0.25) is 0 Å². The Bertz CT molecular complexity index is 614. The van der Waals surface area contributed by atoms with Crippen molar-refractivity contribution < 1.29 is 24.0 Å². The normalized spacial score (nSPS) is 10.7. The number of ether oxygens (including phenoxy) is 2. The number of para-hydroxylation sites is 1. The molecule has 0 saturated heterocycles. The van der Waals surface area contributed by atoms with Crippen LogP contribution in [-0.2, 0) is 19.1 Å². The van der Waals surface area contributed by atoms with E-state index in [2.05, 4.69) is 14.8 Å². The second-order valence-corrected chi connectivity index (χ2v) is 4.00. The summed E-state index contributed by atoms with van der Waals surface area (Å²) in [5.41, 5.74) is -0.840. The number of nitro groups is 1. The molecule has 0 radical (unpaired) electrons. The third-order valence-electron chi connectivity index (χ3n) is 2.32. The Labute approximate surface area is 124 Å². The molecular weight excluding hydrogens is 304 g/mol. The van der Waals surface area contributed by atoms with Gasteiger partial charge in [0.25, 0.3) is 5.69 Å². The van der Waals surface area contributed by atoms with Crippen LogP contribution in [0.4, 0.5) is 11.4 Å². The average Bonchev–Trinajstić information content (AvgIpc) is 2.46. The lowest BCUT2D eigenvalue weighted by Crippen LogP contribution is -2.16. The quantitative estimate of drug-likeness (QED) is 0.382. The fourth-order valence-corrected chi connectivity index (χ4v) is 1.57. The van der Waals surface area contributed by atoms with Gasteiger partial charge in [-0.05, 0) is 6.07 Å². The first-order valence-corrected chi connectivity index (χ1v) is 5.86. The number of benzene rings is 1. The summed E-state index contributed by atoms with van der Waals surface area (Å²) in [6.45, 7) is 0. The van der Waals surface area contributed by atoms with E-state index in [4.69, 9.17) is 11.6 Å². The molecule has 0 aliphatic carbocycles. The minimum absolute atomic E-state index is 0.00358. The highest BCUT2D eigenvalue weighted by atomic mass is 35.5. The second-order valence-electron chi connectivity index (χ2n) is 3.59. The van der Waals surface area contributed by atoms with E-state index in [1.807, 2.05) is 0 Å². The van der Waals surface area contributed by atoms with Crippen molar-refractivity contribution in [1.29, 1.82) is 0 Å². The van der Waals surface area contributed by atoms with Crippen LogP contribution in [0.5, 0.6) is 0 Å². The zero-order valence-corrected chi connectivity index (χ0v) is 11.8. The number of methoxy groups -OCH3 is 2. The van der Waals surface area contributed by atoms with E-state index in [0.717, 1.165) is 20.3 Å². The number of nitrogens with one attached hydrogen (secondary N) is 1. The molecule has 0 amide bonds. The van der Waals surface area contributed by atoms with Gasteiger partial charge in [0.1, 0.15) is 11.4 Å². The number of esters is 2. The van der Waals surface area contributed by atoms with E-state index in [0.29, 0.717) is 0 Å². The van der Waals surface area contributed by atoms with Crippen molar-refractivity contribution in [3.05, 3.63) is 45.1 Å². The summed E-state index contributed by atoms with van der Waals surface area (Å²) in [6.07, 6.45) is 0.804. The maximum absolute atomic E-state index is 11.6. The molecule has 0 unspecified atom stereocenters. The molecule has 0 fully saturated rings. The highest BCUT2D eigenvalue weighted by molar-refractivity contribution is 6.34. The monoisotopic (exact) mass is 314 g/mol. The maximum Gasteiger partial charge on any atom is 0.354 e. The van der Waals surface area contributed by atoms with Crippen molar-refractivity contribution in [2.45, 2.75) is 0 Å². The standard InChI is InChI=1S/C12H11ClN2O6/c1-20-10(16)6-8(12(17)21-2)14-11-7(13)4-3-5-9(11)15(18)19/h3-6,14H,1-2H3/b8-6+. The molecule has 0 atom stereocenters. The zero-order valence-electron chi connectivity index (χ0n) is 11.1. The van der Waals surface area contributed by atoms with E-state index in [1.54, 1.807) is 0 Å². The molecule has 112 valence electrons. The number of nitrogens with zero attached hydrogens (tertiary/aromatic N) is 1. The Balaban J connectivity index is 3.27. The van der Waals surface area contributed by atoms with Gasteiger partial charge < -0.3 is 14.8 Å². The van der Waals surface area contributed by atoms with Crippen LogP contribution >= 0.6 is 11.6 Å². The molecular formula is C12H11ClN2O6. The molecule has 0 aromatic heterocycles. The van der Waals surface area contributed by atoms with E-state index >= 15 is 0 Å². The Morgan fingerprint density at radius 3 is 2.52 bits per heavy atom. The fraction of sp³-hybridized carbons (Fsp3) is 0.167. The van der Waals surface area contributed by atoms with Gasteiger partial charge in [-0.15, -0.1) is 0 Å². The number of nitro benzene ring substituents is 1. The Morgan fingerprint density at radius 2 is 2.00 bits per heavy atom. The van der Waals surface area contributed by atoms with Crippen LogP contribution in [0.15, 0.2) is 30.0 Å². The number of anilines is 1. The van der Waals surface area contributed by atoms with Gasteiger partial charge in [0.15, 0.2) is 0 Å². The zero-order chi connectivity index (χ0) is 16.0. The van der Waals surface area contributed by atoms with Crippen LogP contribution in [0.1, 0.15) is 0 Å². The van der Waals surface area contributed by atoms with Crippen LogP contribution in [0, 0.1) is 10.1 Å². The van der Waals surface area contributed by atoms with Crippen molar-refractivity contribution in [2.75, 3.05) is 19.5 Å². The number of hydrogen-bond donors (Lipinski definition) is 1. The molecule has 0 bridgehead atoms. The van der Waals surface area contributed by atoms with Gasteiger partial charge in [0, 0.05) is 6.07 Å². The summed E-state index contributed by atoms with van der Waals surface area (Å²) < 4.78 is 8.87. The molecule has 1 N–H and O–H groups in total. The van der Waals surface area contributed by atoms with E-state index < -0.39 is 16.9 Å². The van der Waals surface area contributed by atoms with Gasteiger partial charge in [-0.2, -0.15) is 0 Å². The predicted molar refractivity (Wildman–Crippen MR) is 73.8 cm³/mol. The van der Waals surface area contributed by atoms with Gasteiger partial charge in [0.05, 0.1) is 30.2 Å². The molecule has 0 spiro atoms. The maximum atomic E-state index is 11.6. The number of carbonyl (C=O) groups is 2. The number of carbonyl (C=O) groups excluding carboxylic acids is 2. The predicted octanol–water partition coefficient (Wildman–Crippen LogP) is 1.89. The highest BCUT2D eigenvalue weighted by Crippen LogP contribution is 2.32. The lowest BCUT2D eigenvalue weighted by atomic mass is 10.2. The smallest absolute Gasteiger partial charge is 0.354 e. The SMILES string of the molecule is COC(=O)/C=C(/Nc1c(Cl)cccc1[N+](=O)[O-])C(=O)OC.